The van der Waals surface area contributed by atoms with Crippen molar-refractivity contribution in [1.29, 1.82) is 0 Å². The zero-order valence-corrected chi connectivity index (χ0v) is 16.4. The van der Waals surface area contributed by atoms with Gasteiger partial charge in [-0.3, -0.25) is 9.59 Å². The van der Waals surface area contributed by atoms with E-state index in [0.717, 1.165) is 25.3 Å². The second kappa shape index (κ2) is 14.0. The van der Waals surface area contributed by atoms with Gasteiger partial charge in [0.05, 0.1) is 12.2 Å². The van der Waals surface area contributed by atoms with E-state index in [1.807, 2.05) is 0 Å². The second-order valence-corrected chi connectivity index (χ2v) is 6.68. The van der Waals surface area contributed by atoms with E-state index < -0.39 is 35.6 Å². The first kappa shape index (κ1) is 24.0. The van der Waals surface area contributed by atoms with Crippen LogP contribution in [0, 0.1) is 17.5 Å². The highest BCUT2D eigenvalue weighted by Gasteiger charge is 2.16. The molecule has 0 saturated heterocycles. The topological polar surface area (TPSA) is 52.6 Å². The molecule has 0 aliphatic carbocycles. The van der Waals surface area contributed by atoms with E-state index in [-0.39, 0.29) is 25.2 Å². The van der Waals surface area contributed by atoms with Crippen LogP contribution in [0.15, 0.2) is 12.1 Å². The van der Waals surface area contributed by atoms with Crippen molar-refractivity contribution in [3.63, 3.8) is 0 Å². The van der Waals surface area contributed by atoms with Crippen molar-refractivity contribution >= 4 is 11.9 Å². The fourth-order valence-electron chi connectivity index (χ4n) is 2.62. The predicted octanol–water partition coefficient (Wildman–Crippen LogP) is 5.61. The van der Waals surface area contributed by atoms with Crippen LogP contribution in [0.1, 0.15) is 76.7 Å². The molecule has 0 aliphatic heterocycles. The lowest BCUT2D eigenvalue weighted by atomic mass is 10.1. The smallest absolute Gasteiger partial charge is 0.306 e. The predicted molar refractivity (Wildman–Crippen MR) is 98.9 cm³/mol. The Hall–Kier alpha value is -2.05. The first-order valence-electron chi connectivity index (χ1n) is 9.89. The summed E-state index contributed by atoms with van der Waals surface area (Å²) in [6.07, 6.45) is 8.07. The SMILES string of the molecule is CCCCCCCCCOC(=O)CCCC(=O)OCc1c(F)ccc(F)c1F. The monoisotopic (exact) mass is 402 g/mol. The molecule has 28 heavy (non-hydrogen) atoms. The Morgan fingerprint density at radius 1 is 0.786 bits per heavy atom. The van der Waals surface area contributed by atoms with Crippen molar-refractivity contribution in [2.45, 2.75) is 77.7 Å². The summed E-state index contributed by atoms with van der Waals surface area (Å²) >= 11 is 0. The molecule has 0 unspecified atom stereocenters. The molecular formula is C21H29F3O4. The third-order valence-electron chi connectivity index (χ3n) is 4.29. The van der Waals surface area contributed by atoms with Crippen LogP contribution >= 0.6 is 0 Å². The molecule has 0 spiro atoms. The lowest BCUT2D eigenvalue weighted by Crippen LogP contribution is -2.10. The lowest BCUT2D eigenvalue weighted by molar-refractivity contribution is -0.146. The maximum atomic E-state index is 13.5. The van der Waals surface area contributed by atoms with Crippen LogP contribution in [-0.2, 0) is 25.7 Å². The van der Waals surface area contributed by atoms with Gasteiger partial charge in [-0.25, -0.2) is 13.2 Å². The number of unbranched alkanes of at least 4 members (excludes halogenated alkanes) is 6. The molecule has 1 rings (SSSR count). The number of esters is 2. The molecule has 0 amide bonds. The van der Waals surface area contributed by atoms with Crippen LogP contribution in [0.2, 0.25) is 0 Å². The fourth-order valence-corrected chi connectivity index (χ4v) is 2.62. The van der Waals surface area contributed by atoms with Crippen molar-refractivity contribution in [2.24, 2.45) is 0 Å². The highest BCUT2D eigenvalue weighted by atomic mass is 19.2. The molecule has 1 aromatic rings. The van der Waals surface area contributed by atoms with E-state index in [1.54, 1.807) is 0 Å². The van der Waals surface area contributed by atoms with Crippen molar-refractivity contribution in [1.82, 2.24) is 0 Å². The molecule has 0 bridgehead atoms. The molecule has 0 radical (unpaired) electrons. The van der Waals surface area contributed by atoms with E-state index in [9.17, 15) is 22.8 Å². The van der Waals surface area contributed by atoms with Gasteiger partial charge in [0, 0.05) is 12.8 Å². The summed E-state index contributed by atoms with van der Waals surface area (Å²) in [4.78, 5) is 23.2. The van der Waals surface area contributed by atoms with E-state index in [4.69, 9.17) is 9.47 Å². The van der Waals surface area contributed by atoms with E-state index in [0.29, 0.717) is 12.7 Å². The summed E-state index contributed by atoms with van der Waals surface area (Å²) < 4.78 is 49.8. The molecule has 0 heterocycles. The Morgan fingerprint density at radius 3 is 2.04 bits per heavy atom. The molecule has 0 saturated carbocycles. The number of benzene rings is 1. The minimum atomic E-state index is -1.37. The normalized spacial score (nSPS) is 10.7. The molecule has 0 atom stereocenters. The number of carbonyl (C=O) groups excluding carboxylic acids is 2. The van der Waals surface area contributed by atoms with Gasteiger partial charge in [-0.1, -0.05) is 45.4 Å². The molecule has 4 nitrogen and oxygen atoms in total. The Balaban J connectivity index is 2.10. The molecule has 158 valence electrons. The molecular weight excluding hydrogens is 373 g/mol. The van der Waals surface area contributed by atoms with E-state index in [2.05, 4.69) is 6.92 Å². The first-order chi connectivity index (χ1) is 13.5. The van der Waals surface area contributed by atoms with Crippen LogP contribution in [0.3, 0.4) is 0 Å². The molecule has 0 aliphatic rings. The van der Waals surface area contributed by atoms with Crippen molar-refractivity contribution in [3.05, 3.63) is 35.1 Å². The lowest BCUT2D eigenvalue weighted by Gasteiger charge is -2.08. The highest BCUT2D eigenvalue weighted by Crippen LogP contribution is 2.17. The largest absolute Gasteiger partial charge is 0.466 e. The van der Waals surface area contributed by atoms with Gasteiger partial charge in [-0.15, -0.1) is 0 Å². The molecule has 0 fully saturated rings. The number of rotatable bonds is 14. The first-order valence-corrected chi connectivity index (χ1v) is 9.89. The minimum absolute atomic E-state index is 0.0638. The third-order valence-corrected chi connectivity index (χ3v) is 4.29. The van der Waals surface area contributed by atoms with Crippen LogP contribution in [0.4, 0.5) is 13.2 Å². The fraction of sp³-hybridized carbons (Fsp3) is 0.619. The summed E-state index contributed by atoms with van der Waals surface area (Å²) in [5.41, 5.74) is -0.637. The zero-order valence-electron chi connectivity index (χ0n) is 16.4. The number of carbonyl (C=O) groups is 2. The zero-order chi connectivity index (χ0) is 20.8. The molecule has 0 N–H and O–H groups in total. The van der Waals surface area contributed by atoms with Gasteiger partial charge >= 0.3 is 11.9 Å². The Morgan fingerprint density at radius 2 is 1.36 bits per heavy atom. The van der Waals surface area contributed by atoms with Crippen molar-refractivity contribution in [2.75, 3.05) is 6.61 Å². The van der Waals surface area contributed by atoms with Crippen LogP contribution < -0.4 is 0 Å². The van der Waals surface area contributed by atoms with Crippen LogP contribution in [-0.4, -0.2) is 18.5 Å². The summed E-state index contributed by atoms with van der Waals surface area (Å²) in [7, 11) is 0. The number of hydrogen-bond acceptors (Lipinski definition) is 4. The number of ether oxygens (including phenoxy) is 2. The average molecular weight is 402 g/mol. The van der Waals surface area contributed by atoms with Gasteiger partial charge in [0.1, 0.15) is 12.4 Å². The Labute approximate surface area is 164 Å². The summed E-state index contributed by atoms with van der Waals surface area (Å²) in [5, 5.41) is 0. The van der Waals surface area contributed by atoms with Gasteiger partial charge in [0.2, 0.25) is 0 Å². The number of halogens is 3. The summed E-state index contributed by atoms with van der Waals surface area (Å²) in [6, 6.07) is 1.43. The van der Waals surface area contributed by atoms with Gasteiger partial charge in [0.25, 0.3) is 0 Å². The van der Waals surface area contributed by atoms with Crippen LogP contribution in [0.5, 0.6) is 0 Å². The second-order valence-electron chi connectivity index (χ2n) is 6.68. The summed E-state index contributed by atoms with van der Waals surface area (Å²) in [6.45, 7) is 1.84. The van der Waals surface area contributed by atoms with Crippen LogP contribution in [0.25, 0.3) is 0 Å². The maximum absolute atomic E-state index is 13.5. The molecule has 0 aromatic heterocycles. The van der Waals surface area contributed by atoms with Gasteiger partial charge < -0.3 is 9.47 Å². The highest BCUT2D eigenvalue weighted by molar-refractivity contribution is 5.72. The maximum Gasteiger partial charge on any atom is 0.306 e. The molecule has 7 heteroatoms. The Bertz CT molecular complexity index is 620. The van der Waals surface area contributed by atoms with Gasteiger partial charge in [0.15, 0.2) is 11.6 Å². The standard InChI is InChI=1S/C21H29F3O4/c1-2-3-4-5-6-7-8-14-27-19(25)10-9-11-20(26)28-15-16-17(22)12-13-18(23)21(16)24/h12-13H,2-11,14-15H2,1H3. The van der Waals surface area contributed by atoms with E-state index >= 15 is 0 Å². The number of hydrogen-bond donors (Lipinski definition) is 0. The molecule has 1 aromatic carbocycles. The summed E-state index contributed by atoms with van der Waals surface area (Å²) in [5.74, 6) is -4.68. The van der Waals surface area contributed by atoms with Crippen molar-refractivity contribution < 1.29 is 32.2 Å². The van der Waals surface area contributed by atoms with Gasteiger partial charge in [-0.05, 0) is 25.0 Å². The minimum Gasteiger partial charge on any atom is -0.466 e. The third kappa shape index (κ3) is 9.76. The van der Waals surface area contributed by atoms with E-state index in [1.165, 1.54) is 25.7 Å². The van der Waals surface area contributed by atoms with Crippen molar-refractivity contribution in [3.8, 4) is 0 Å². The quantitative estimate of drug-likeness (QED) is 0.231. The average Bonchev–Trinajstić information content (AvgIpc) is 2.67. The van der Waals surface area contributed by atoms with Gasteiger partial charge in [-0.2, -0.15) is 0 Å². The Kier molecular flexibility index (Phi) is 12.0.